The minimum atomic E-state index is -1.52. The zero-order valence-electron chi connectivity index (χ0n) is 15.4. The molecule has 0 bridgehead atoms. The Morgan fingerprint density at radius 2 is 1.67 bits per heavy atom. The normalized spacial score (nSPS) is 25.6. The van der Waals surface area contributed by atoms with Crippen LogP contribution in [0.1, 0.15) is 6.92 Å². The predicted molar refractivity (Wildman–Crippen MR) is 96.6 cm³/mol. The zero-order chi connectivity index (χ0) is 20.1. The van der Waals surface area contributed by atoms with Crippen LogP contribution in [-0.4, -0.2) is 105 Å². The summed E-state index contributed by atoms with van der Waals surface area (Å²) in [6.45, 7) is 3.30. The monoisotopic (exact) mass is 411 g/mol. The Balaban J connectivity index is 2.24. The molecule has 1 heterocycles. The first-order valence-electron chi connectivity index (χ1n) is 8.72. The number of nitrogens with one attached hydrogen (secondary N) is 1. The maximum atomic E-state index is 11.9. The molecule has 4 atom stereocenters. The second-order valence-electron chi connectivity index (χ2n) is 5.68. The van der Waals surface area contributed by atoms with Gasteiger partial charge in [0.2, 0.25) is 5.91 Å². The van der Waals surface area contributed by atoms with E-state index in [1.165, 1.54) is 6.92 Å². The molecule has 0 aromatic heterocycles. The Bertz CT molecular complexity index is 440. The molecule has 0 aromatic rings. The number of thiol groups is 1. The van der Waals surface area contributed by atoms with E-state index in [1.807, 2.05) is 0 Å². The summed E-state index contributed by atoms with van der Waals surface area (Å²) >= 11 is 4.02. The summed E-state index contributed by atoms with van der Waals surface area (Å²) < 4.78 is 26.6. The van der Waals surface area contributed by atoms with Crippen LogP contribution < -0.4 is 5.32 Å². The van der Waals surface area contributed by atoms with E-state index in [9.17, 15) is 19.8 Å². The summed E-state index contributed by atoms with van der Waals surface area (Å²) in [5.74, 6) is -0.484. The molecule has 1 unspecified atom stereocenters. The highest BCUT2D eigenvalue weighted by Gasteiger charge is 2.45. The van der Waals surface area contributed by atoms with Crippen LogP contribution in [0.2, 0.25) is 0 Å². The molecule has 1 aliphatic rings. The number of carbonyl (C=O) groups excluding carboxylic acids is 2. The number of hydrogen-bond donors (Lipinski definition) is 4. The van der Waals surface area contributed by atoms with Crippen molar-refractivity contribution < 1.29 is 43.5 Å². The Kier molecular flexibility index (Phi) is 12.8. The van der Waals surface area contributed by atoms with E-state index in [-0.39, 0.29) is 13.2 Å². The summed E-state index contributed by atoms with van der Waals surface area (Å²) in [4.78, 5) is 23.1. The van der Waals surface area contributed by atoms with Gasteiger partial charge in [0.05, 0.1) is 52.9 Å². The van der Waals surface area contributed by atoms with E-state index >= 15 is 0 Å². The van der Waals surface area contributed by atoms with Crippen molar-refractivity contribution in [2.24, 2.45) is 0 Å². The van der Waals surface area contributed by atoms with Crippen molar-refractivity contribution in [3.05, 3.63) is 0 Å². The van der Waals surface area contributed by atoms with Crippen LogP contribution in [0.15, 0.2) is 0 Å². The summed E-state index contributed by atoms with van der Waals surface area (Å²) in [5.41, 5.74) is 0. The second kappa shape index (κ2) is 14.2. The lowest BCUT2D eigenvalue weighted by Gasteiger charge is -2.37. The van der Waals surface area contributed by atoms with Crippen molar-refractivity contribution in [3.8, 4) is 0 Å². The van der Waals surface area contributed by atoms with Gasteiger partial charge in [-0.1, -0.05) is 0 Å². The molecule has 10 nitrogen and oxygen atoms in total. The van der Waals surface area contributed by atoms with Crippen LogP contribution in [-0.2, 0) is 33.3 Å². The molecular formula is C16H29NO9S. The lowest BCUT2D eigenvalue weighted by molar-refractivity contribution is -0.230. The smallest absolute Gasteiger partial charge is 0.217 e. The fourth-order valence-electron chi connectivity index (χ4n) is 2.32. The number of hydrogen-bond acceptors (Lipinski definition) is 10. The number of carbonyl (C=O) groups is 2. The number of rotatable bonds is 14. The van der Waals surface area contributed by atoms with Crippen LogP contribution in [0.25, 0.3) is 0 Å². The first kappa shape index (κ1) is 24.2. The van der Waals surface area contributed by atoms with Gasteiger partial charge in [0.15, 0.2) is 12.1 Å². The highest BCUT2D eigenvalue weighted by atomic mass is 32.1. The number of aliphatic hydroxyl groups excluding tert-OH is 2. The van der Waals surface area contributed by atoms with Crippen LogP contribution >= 0.6 is 12.6 Å². The third-order valence-electron chi connectivity index (χ3n) is 3.57. The first-order chi connectivity index (χ1) is 13.0. The van der Waals surface area contributed by atoms with Crippen LogP contribution in [0.5, 0.6) is 0 Å². The Morgan fingerprint density at radius 3 is 2.19 bits per heavy atom. The van der Waals surface area contributed by atoms with Crippen molar-refractivity contribution in [2.45, 2.75) is 31.5 Å². The number of aliphatic hydroxyl groups is 2. The quantitative estimate of drug-likeness (QED) is 0.192. The summed E-state index contributed by atoms with van der Waals surface area (Å²) in [6.07, 6.45) is -3.81. The summed E-state index contributed by atoms with van der Waals surface area (Å²) in [6, 6.07) is -1.06. The van der Waals surface area contributed by atoms with Gasteiger partial charge in [0.1, 0.15) is 18.2 Å². The van der Waals surface area contributed by atoms with Crippen molar-refractivity contribution in [1.29, 1.82) is 0 Å². The molecular weight excluding hydrogens is 382 g/mol. The van der Waals surface area contributed by atoms with Crippen molar-refractivity contribution in [1.82, 2.24) is 5.32 Å². The first-order valence-corrected chi connectivity index (χ1v) is 9.35. The van der Waals surface area contributed by atoms with Crippen molar-refractivity contribution in [2.75, 3.05) is 58.6 Å². The molecule has 0 radical (unpaired) electrons. The highest BCUT2D eigenvalue weighted by Crippen LogP contribution is 2.19. The van der Waals surface area contributed by atoms with Crippen LogP contribution in [0.3, 0.4) is 0 Å². The molecule has 0 aliphatic carbocycles. The largest absolute Gasteiger partial charge is 0.393 e. The van der Waals surface area contributed by atoms with Crippen molar-refractivity contribution in [3.63, 3.8) is 0 Å². The molecule has 158 valence electrons. The number of amides is 1. The van der Waals surface area contributed by atoms with E-state index in [1.54, 1.807) is 0 Å². The lowest BCUT2D eigenvalue weighted by Crippen LogP contribution is -2.63. The third-order valence-corrected chi connectivity index (χ3v) is 3.75. The van der Waals surface area contributed by atoms with Crippen LogP contribution in [0, 0.1) is 0 Å². The van der Waals surface area contributed by atoms with Gasteiger partial charge in [0, 0.05) is 12.7 Å². The van der Waals surface area contributed by atoms with E-state index in [4.69, 9.17) is 23.7 Å². The molecule has 3 N–H and O–H groups in total. The van der Waals surface area contributed by atoms with Gasteiger partial charge in [0.25, 0.3) is 0 Å². The van der Waals surface area contributed by atoms with Crippen LogP contribution in [0.4, 0.5) is 0 Å². The van der Waals surface area contributed by atoms with E-state index in [0.29, 0.717) is 38.8 Å². The molecule has 1 fully saturated rings. The third kappa shape index (κ3) is 9.30. The molecule has 0 saturated carbocycles. The lowest BCUT2D eigenvalue weighted by atomic mass is 9.98. The maximum Gasteiger partial charge on any atom is 0.217 e. The topological polar surface area (TPSA) is 133 Å². The van der Waals surface area contributed by atoms with E-state index < -0.39 is 42.8 Å². The molecule has 27 heavy (non-hydrogen) atoms. The van der Waals surface area contributed by atoms with Gasteiger partial charge >= 0.3 is 0 Å². The number of ether oxygens (including phenoxy) is 5. The predicted octanol–water partition coefficient (Wildman–Crippen LogP) is -1.87. The van der Waals surface area contributed by atoms with Gasteiger partial charge < -0.3 is 39.2 Å². The molecule has 1 saturated heterocycles. The maximum absolute atomic E-state index is 11.9. The Morgan fingerprint density at radius 1 is 1.11 bits per heavy atom. The van der Waals surface area contributed by atoms with E-state index in [0.717, 1.165) is 0 Å². The zero-order valence-corrected chi connectivity index (χ0v) is 16.3. The number of Topliss-reactive ketones (excluding diaryl/α,β-unsaturated/α-hetero) is 1. The SMILES string of the molecule is CC(=O)N[C@H]1C(OCCOCCOCCOCCS)O[C@H](CO)C(=O)[C@@H]1O. The minimum Gasteiger partial charge on any atom is -0.393 e. The van der Waals surface area contributed by atoms with Gasteiger partial charge in [-0.05, 0) is 0 Å². The van der Waals surface area contributed by atoms with Gasteiger partial charge in [-0.3, -0.25) is 9.59 Å². The Hall–Kier alpha value is -0.790. The fraction of sp³-hybridized carbons (Fsp3) is 0.875. The summed E-state index contributed by atoms with van der Waals surface area (Å²) in [5, 5.41) is 21.6. The second-order valence-corrected chi connectivity index (χ2v) is 6.13. The van der Waals surface area contributed by atoms with E-state index in [2.05, 4.69) is 17.9 Å². The van der Waals surface area contributed by atoms with Gasteiger partial charge in [-0.15, -0.1) is 0 Å². The average molecular weight is 411 g/mol. The molecule has 0 spiro atoms. The fourth-order valence-corrected chi connectivity index (χ4v) is 2.45. The Labute approximate surface area is 163 Å². The van der Waals surface area contributed by atoms with Crippen molar-refractivity contribution >= 4 is 24.3 Å². The molecule has 11 heteroatoms. The molecule has 1 amide bonds. The highest BCUT2D eigenvalue weighted by molar-refractivity contribution is 7.80. The average Bonchev–Trinajstić information content (AvgIpc) is 2.64. The number of ketones is 1. The molecule has 0 aromatic carbocycles. The summed E-state index contributed by atoms with van der Waals surface area (Å²) in [7, 11) is 0. The van der Waals surface area contributed by atoms with Gasteiger partial charge in [-0.2, -0.15) is 12.6 Å². The standard InChI is InChI=1S/C16H29NO9S/c1-11(19)17-13-15(21)14(20)12(10-18)26-16(13)25-7-6-23-3-2-22-4-5-24-8-9-27/h12-13,15-16,18,21,27H,2-10H2,1H3,(H,17,19)/t12-,13-,15-,16?/m1/s1. The van der Waals surface area contributed by atoms with Gasteiger partial charge in [-0.25, -0.2) is 0 Å². The minimum absolute atomic E-state index is 0.102. The molecule has 1 aliphatic heterocycles. The molecule has 1 rings (SSSR count).